The van der Waals surface area contributed by atoms with Crippen molar-refractivity contribution in [1.82, 2.24) is 0 Å². The first-order chi connectivity index (χ1) is 4.83. The van der Waals surface area contributed by atoms with E-state index in [1.807, 2.05) is 0 Å². The molecule has 0 bridgehead atoms. The predicted molar refractivity (Wildman–Crippen MR) is 39.8 cm³/mol. The summed E-state index contributed by atoms with van der Waals surface area (Å²) in [6.45, 7) is 3.22. The first-order valence-corrected chi connectivity index (χ1v) is 4.05. The highest BCUT2D eigenvalue weighted by molar-refractivity contribution is 4.76. The Bertz CT molecular complexity index is 87.3. The minimum absolute atomic E-state index is 0.252. The van der Waals surface area contributed by atoms with Gasteiger partial charge in [-0.2, -0.15) is 0 Å². The molecule has 1 aliphatic rings. The zero-order valence-corrected chi connectivity index (χ0v) is 6.55. The summed E-state index contributed by atoms with van der Waals surface area (Å²) in [5.74, 6) is 0.860. The van der Waals surface area contributed by atoms with Crippen molar-refractivity contribution < 1.29 is 9.84 Å². The van der Waals surface area contributed by atoms with Crippen LogP contribution in [0.2, 0.25) is 0 Å². The van der Waals surface area contributed by atoms with Gasteiger partial charge in [0.15, 0.2) is 0 Å². The molecule has 2 heteroatoms. The molecule has 1 rings (SSSR count). The van der Waals surface area contributed by atoms with Gasteiger partial charge in [0, 0.05) is 13.2 Å². The van der Waals surface area contributed by atoms with Gasteiger partial charge < -0.3 is 9.84 Å². The molecule has 0 amide bonds. The Morgan fingerprint density at radius 1 is 1.50 bits per heavy atom. The van der Waals surface area contributed by atoms with Crippen LogP contribution in [-0.4, -0.2) is 24.4 Å². The molecular weight excluding hydrogens is 128 g/mol. The van der Waals surface area contributed by atoms with Crippen molar-refractivity contribution in [1.29, 1.82) is 0 Å². The van der Waals surface area contributed by atoms with Gasteiger partial charge in [0.2, 0.25) is 0 Å². The second kappa shape index (κ2) is 3.94. The molecule has 0 saturated heterocycles. The van der Waals surface area contributed by atoms with Crippen molar-refractivity contribution >= 4 is 0 Å². The van der Waals surface area contributed by atoms with Crippen molar-refractivity contribution in [2.75, 3.05) is 13.2 Å². The van der Waals surface area contributed by atoms with Gasteiger partial charge in [-0.05, 0) is 25.2 Å². The SMILES string of the molecule is C[C@H]1C[C@@H](OCCCO)C1. The first kappa shape index (κ1) is 8.02. The van der Waals surface area contributed by atoms with Crippen LogP contribution in [0.5, 0.6) is 0 Å². The Labute approximate surface area is 62.2 Å². The lowest BCUT2D eigenvalue weighted by Gasteiger charge is -2.32. The van der Waals surface area contributed by atoms with Crippen molar-refractivity contribution in [2.24, 2.45) is 5.92 Å². The highest BCUT2D eigenvalue weighted by Crippen LogP contribution is 2.28. The third-order valence-corrected chi connectivity index (χ3v) is 1.99. The molecule has 0 aromatic carbocycles. The number of rotatable bonds is 4. The van der Waals surface area contributed by atoms with E-state index in [0.717, 1.165) is 18.9 Å². The maximum absolute atomic E-state index is 8.44. The van der Waals surface area contributed by atoms with Crippen LogP contribution in [0.1, 0.15) is 26.2 Å². The Hall–Kier alpha value is -0.0800. The van der Waals surface area contributed by atoms with Crippen LogP contribution in [0.15, 0.2) is 0 Å². The summed E-state index contributed by atoms with van der Waals surface area (Å²) in [5.41, 5.74) is 0. The van der Waals surface area contributed by atoms with Crippen LogP contribution in [0, 0.1) is 5.92 Å². The molecule has 2 nitrogen and oxygen atoms in total. The van der Waals surface area contributed by atoms with Crippen molar-refractivity contribution in [3.05, 3.63) is 0 Å². The summed E-state index contributed by atoms with van der Waals surface area (Å²) in [6, 6.07) is 0. The fourth-order valence-corrected chi connectivity index (χ4v) is 1.28. The van der Waals surface area contributed by atoms with Gasteiger partial charge in [0.25, 0.3) is 0 Å². The van der Waals surface area contributed by atoms with Gasteiger partial charge in [0.1, 0.15) is 0 Å². The summed E-state index contributed by atoms with van der Waals surface area (Å²) in [5, 5.41) is 8.44. The Balaban J connectivity index is 1.86. The molecule has 0 radical (unpaired) electrons. The highest BCUT2D eigenvalue weighted by Gasteiger charge is 2.25. The molecule has 60 valence electrons. The summed E-state index contributed by atoms with van der Waals surface area (Å²) < 4.78 is 5.43. The summed E-state index contributed by atoms with van der Waals surface area (Å²) in [4.78, 5) is 0. The molecule has 0 aliphatic heterocycles. The lowest BCUT2D eigenvalue weighted by atomic mass is 9.84. The van der Waals surface area contributed by atoms with E-state index in [0.29, 0.717) is 6.10 Å². The molecule has 0 heterocycles. The number of aliphatic hydroxyl groups is 1. The van der Waals surface area contributed by atoms with E-state index in [9.17, 15) is 0 Å². The average molecular weight is 144 g/mol. The quantitative estimate of drug-likeness (QED) is 0.600. The minimum Gasteiger partial charge on any atom is -0.396 e. The molecule has 0 spiro atoms. The molecule has 10 heavy (non-hydrogen) atoms. The molecule has 0 aromatic rings. The molecule has 0 unspecified atom stereocenters. The van der Waals surface area contributed by atoms with Crippen LogP contribution in [0.4, 0.5) is 0 Å². The second-order valence-corrected chi connectivity index (χ2v) is 3.15. The van der Waals surface area contributed by atoms with Crippen molar-refractivity contribution in [3.8, 4) is 0 Å². The summed E-state index contributed by atoms with van der Waals surface area (Å²) in [6.07, 6.45) is 3.71. The molecular formula is C8H16O2. The van der Waals surface area contributed by atoms with Crippen LogP contribution in [-0.2, 0) is 4.74 Å². The van der Waals surface area contributed by atoms with Crippen LogP contribution in [0.3, 0.4) is 0 Å². The number of hydrogen-bond donors (Lipinski definition) is 1. The normalized spacial score (nSPS) is 31.8. The van der Waals surface area contributed by atoms with Gasteiger partial charge in [-0.25, -0.2) is 0 Å². The van der Waals surface area contributed by atoms with Crippen molar-refractivity contribution in [3.63, 3.8) is 0 Å². The molecule has 0 atom stereocenters. The van der Waals surface area contributed by atoms with E-state index >= 15 is 0 Å². The fourth-order valence-electron chi connectivity index (χ4n) is 1.28. The van der Waals surface area contributed by atoms with Crippen LogP contribution in [0.25, 0.3) is 0 Å². The number of aliphatic hydroxyl groups excluding tert-OH is 1. The Kier molecular flexibility index (Phi) is 3.16. The molecule has 1 fully saturated rings. The maximum Gasteiger partial charge on any atom is 0.0580 e. The van der Waals surface area contributed by atoms with E-state index in [-0.39, 0.29) is 6.61 Å². The minimum atomic E-state index is 0.252. The monoisotopic (exact) mass is 144 g/mol. The topological polar surface area (TPSA) is 29.5 Å². The third-order valence-electron chi connectivity index (χ3n) is 1.99. The van der Waals surface area contributed by atoms with Crippen molar-refractivity contribution in [2.45, 2.75) is 32.3 Å². The lowest BCUT2D eigenvalue weighted by Crippen LogP contribution is -2.29. The number of ether oxygens (including phenoxy) is 1. The van der Waals surface area contributed by atoms with E-state index in [4.69, 9.17) is 9.84 Å². The van der Waals surface area contributed by atoms with Crippen LogP contribution < -0.4 is 0 Å². The van der Waals surface area contributed by atoms with E-state index in [1.54, 1.807) is 0 Å². The third kappa shape index (κ3) is 2.27. The summed E-state index contributed by atoms with van der Waals surface area (Å²) >= 11 is 0. The van der Waals surface area contributed by atoms with Gasteiger partial charge >= 0.3 is 0 Å². The van der Waals surface area contributed by atoms with Crippen LogP contribution >= 0.6 is 0 Å². The fraction of sp³-hybridized carbons (Fsp3) is 1.00. The lowest BCUT2D eigenvalue weighted by molar-refractivity contribution is -0.0294. The van der Waals surface area contributed by atoms with E-state index < -0.39 is 0 Å². The molecule has 0 aromatic heterocycles. The smallest absolute Gasteiger partial charge is 0.0580 e. The molecule has 1 aliphatic carbocycles. The predicted octanol–water partition coefficient (Wildman–Crippen LogP) is 1.18. The van der Waals surface area contributed by atoms with E-state index in [2.05, 4.69) is 6.92 Å². The Morgan fingerprint density at radius 2 is 2.20 bits per heavy atom. The molecule has 1 N–H and O–H groups in total. The van der Waals surface area contributed by atoms with E-state index in [1.165, 1.54) is 12.8 Å². The summed E-state index contributed by atoms with van der Waals surface area (Å²) in [7, 11) is 0. The Morgan fingerprint density at radius 3 is 2.70 bits per heavy atom. The second-order valence-electron chi connectivity index (χ2n) is 3.15. The van der Waals surface area contributed by atoms with Gasteiger partial charge in [0.05, 0.1) is 6.10 Å². The average Bonchev–Trinajstić information content (AvgIpc) is 1.85. The standard InChI is InChI=1S/C8H16O2/c1-7-5-8(6-7)10-4-2-3-9/h7-9H,2-6H2,1H3/t7-,8+. The van der Waals surface area contributed by atoms with Gasteiger partial charge in [-0.1, -0.05) is 6.92 Å². The molecule has 1 saturated carbocycles. The highest BCUT2D eigenvalue weighted by atomic mass is 16.5. The zero-order chi connectivity index (χ0) is 7.40. The maximum atomic E-state index is 8.44. The number of hydrogen-bond acceptors (Lipinski definition) is 2. The first-order valence-electron chi connectivity index (χ1n) is 4.05. The van der Waals surface area contributed by atoms with Gasteiger partial charge in [-0.15, -0.1) is 0 Å². The van der Waals surface area contributed by atoms with Gasteiger partial charge in [-0.3, -0.25) is 0 Å². The largest absolute Gasteiger partial charge is 0.396 e. The zero-order valence-electron chi connectivity index (χ0n) is 6.55.